The van der Waals surface area contributed by atoms with Gasteiger partial charge in [-0.2, -0.15) is 0 Å². The summed E-state index contributed by atoms with van der Waals surface area (Å²) >= 11 is 0. The van der Waals surface area contributed by atoms with Gasteiger partial charge in [0, 0.05) is 70.2 Å². The standard InChI is InChI=1S/2C50H37NO/c1-28(2)32-16-18-34-26-46-42(22-36(34)20-32)44-24-38(25-45-43-23-37-21-33(29(3)4)17-19-35(37)27-47(43)51(46)49(44)45)30-12-14-31(15-13-30)39-9-7-10-41-40-8-5-6-11-48(40)52-50(39)41;1-28(2)32-13-15-35-26-46-41(22-37(35)19-32)44-24-39(25-45-42-23-38-20-33(29(3)4)14-16-36(38)27-47(42)51(46)50(44)45)31-11-9-30(10-12-31)34-17-18-49-43(21-34)40-7-5-6-8-48(40)52-49/h2*5-29H,1-4H3. The molecular weight excluding hydrogens is 1260 g/mol. The molecule has 0 fully saturated rings. The maximum atomic E-state index is 6.40. The molecule has 0 spiro atoms. The first kappa shape index (κ1) is 60.5. The number of hydrogen-bond donors (Lipinski definition) is 0. The largest absolute Gasteiger partial charge is 0.456 e. The van der Waals surface area contributed by atoms with Gasteiger partial charge in [0.05, 0.1) is 33.1 Å². The van der Waals surface area contributed by atoms with Crippen molar-refractivity contribution in [2.24, 2.45) is 0 Å². The molecule has 0 atom stereocenters. The third kappa shape index (κ3) is 9.23. The molecular formula is C100H74N2O2. The number of aromatic nitrogens is 2. The highest BCUT2D eigenvalue weighted by atomic mass is 16.3. The molecule has 16 aromatic carbocycles. The molecule has 0 saturated carbocycles. The molecule has 0 aliphatic heterocycles. The zero-order chi connectivity index (χ0) is 69.7. The maximum Gasteiger partial charge on any atom is 0.143 e. The minimum atomic E-state index is 0.483. The quantitative estimate of drug-likeness (QED) is 0.152. The van der Waals surface area contributed by atoms with Gasteiger partial charge in [-0.15, -0.1) is 0 Å². The predicted molar refractivity (Wildman–Crippen MR) is 445 cm³/mol. The molecule has 496 valence electrons. The van der Waals surface area contributed by atoms with Crippen molar-refractivity contribution in [1.82, 2.24) is 8.80 Å². The molecule has 6 heterocycles. The Balaban J connectivity index is 0.000000134. The molecule has 4 nitrogen and oxygen atoms in total. The molecule has 0 amide bonds. The SMILES string of the molecule is CC(C)c1ccc2cc3c(cc2c1)c1cc(-c2ccc(-c4ccc5oc6ccccc6c5c4)cc2)cc2c4cc5cc(C(C)C)ccc5cc4n3c12.CC(C)c1ccc2cc3c(cc2c1)c1cc(-c2ccc(-c4cccc5c4oc4ccccc45)cc2)cc2c4cc5cc(C(C)C)ccc5cc4n3c12. The normalized spacial score (nSPS) is 12.6. The lowest BCUT2D eigenvalue weighted by Crippen LogP contribution is -1.88. The van der Waals surface area contributed by atoms with Gasteiger partial charge in [0.2, 0.25) is 0 Å². The van der Waals surface area contributed by atoms with Gasteiger partial charge in [-0.25, -0.2) is 0 Å². The zero-order valence-electron chi connectivity index (χ0n) is 59.6. The summed E-state index contributed by atoms with van der Waals surface area (Å²) in [6, 6.07) is 105. The summed E-state index contributed by atoms with van der Waals surface area (Å²) in [5.41, 5.74) is 26.5. The van der Waals surface area contributed by atoms with E-state index in [1.165, 1.54) is 175 Å². The Morgan fingerprint density at radius 1 is 0.212 bits per heavy atom. The van der Waals surface area contributed by atoms with Gasteiger partial charge in [-0.05, 0) is 225 Å². The number of nitrogens with zero attached hydrogens (tertiary/aromatic N) is 2. The summed E-state index contributed by atoms with van der Waals surface area (Å²) in [5, 5.41) is 25.4. The number of hydrogen-bond acceptors (Lipinski definition) is 2. The Kier molecular flexibility index (Phi) is 13.2. The lowest BCUT2D eigenvalue weighted by atomic mass is 9.94. The predicted octanol–water partition coefficient (Wildman–Crippen LogP) is 29.2. The van der Waals surface area contributed by atoms with Crippen molar-refractivity contribution in [3.05, 3.63) is 301 Å². The molecule has 22 rings (SSSR count). The number of rotatable bonds is 8. The van der Waals surface area contributed by atoms with Crippen LogP contribution in [0.4, 0.5) is 0 Å². The van der Waals surface area contributed by atoms with Crippen LogP contribution in [-0.2, 0) is 0 Å². The summed E-state index contributed by atoms with van der Waals surface area (Å²) in [6.07, 6.45) is 0. The fourth-order valence-electron chi connectivity index (χ4n) is 17.5. The van der Waals surface area contributed by atoms with Gasteiger partial charge in [-0.1, -0.05) is 237 Å². The van der Waals surface area contributed by atoms with Crippen LogP contribution in [0.15, 0.2) is 288 Å². The van der Waals surface area contributed by atoms with Gasteiger partial charge in [0.15, 0.2) is 0 Å². The number of para-hydroxylation sites is 3. The van der Waals surface area contributed by atoms with E-state index in [4.69, 9.17) is 8.83 Å². The van der Waals surface area contributed by atoms with Crippen LogP contribution in [0.1, 0.15) is 101 Å². The molecule has 6 aromatic heterocycles. The third-order valence-corrected chi connectivity index (χ3v) is 23.2. The fraction of sp³-hybridized carbons (Fsp3) is 0.120. The summed E-state index contributed by atoms with van der Waals surface area (Å²) in [5.74, 6) is 1.94. The molecule has 0 radical (unpaired) electrons. The van der Waals surface area contributed by atoms with Crippen molar-refractivity contribution in [2.45, 2.75) is 79.1 Å². The molecule has 0 saturated heterocycles. The molecule has 0 aliphatic rings. The van der Waals surface area contributed by atoms with Crippen LogP contribution in [-0.4, -0.2) is 8.80 Å². The highest BCUT2D eigenvalue weighted by Gasteiger charge is 2.24. The van der Waals surface area contributed by atoms with Gasteiger partial charge in [0.1, 0.15) is 22.3 Å². The number of furan rings is 2. The second-order valence-corrected chi connectivity index (χ2v) is 30.8. The Labute approximate surface area is 601 Å². The second kappa shape index (κ2) is 22.6. The monoisotopic (exact) mass is 1330 g/mol. The molecule has 4 heteroatoms. The van der Waals surface area contributed by atoms with Crippen LogP contribution in [0.2, 0.25) is 0 Å². The van der Waals surface area contributed by atoms with Gasteiger partial charge < -0.3 is 17.6 Å². The smallest absolute Gasteiger partial charge is 0.143 e. The first-order valence-electron chi connectivity index (χ1n) is 37.1. The highest BCUT2D eigenvalue weighted by molar-refractivity contribution is 6.29. The van der Waals surface area contributed by atoms with Crippen LogP contribution in [0.3, 0.4) is 0 Å². The Morgan fingerprint density at radius 3 is 0.942 bits per heavy atom. The van der Waals surface area contributed by atoms with E-state index in [0.717, 1.165) is 55.0 Å². The van der Waals surface area contributed by atoms with Crippen LogP contribution >= 0.6 is 0 Å². The average Bonchev–Trinajstić information content (AvgIpc) is 1.54. The van der Waals surface area contributed by atoms with E-state index in [2.05, 4.69) is 325 Å². The molecule has 104 heavy (non-hydrogen) atoms. The van der Waals surface area contributed by atoms with E-state index in [-0.39, 0.29) is 0 Å². The Bertz CT molecular complexity index is 7050. The van der Waals surface area contributed by atoms with Gasteiger partial charge in [-0.3, -0.25) is 0 Å². The van der Waals surface area contributed by atoms with Gasteiger partial charge in [0.25, 0.3) is 0 Å². The van der Waals surface area contributed by atoms with Crippen LogP contribution in [0.5, 0.6) is 0 Å². The van der Waals surface area contributed by atoms with Crippen molar-refractivity contribution >= 4 is 163 Å². The molecule has 0 unspecified atom stereocenters. The van der Waals surface area contributed by atoms with Crippen molar-refractivity contribution in [3.63, 3.8) is 0 Å². The minimum Gasteiger partial charge on any atom is -0.456 e. The second-order valence-electron chi connectivity index (χ2n) is 30.8. The van der Waals surface area contributed by atoms with Crippen molar-refractivity contribution in [2.75, 3.05) is 0 Å². The molecule has 22 aromatic rings. The fourth-order valence-corrected chi connectivity index (χ4v) is 17.5. The summed E-state index contributed by atoms with van der Waals surface area (Å²) < 4.78 is 17.6. The van der Waals surface area contributed by atoms with E-state index < -0.39 is 0 Å². The van der Waals surface area contributed by atoms with E-state index in [9.17, 15) is 0 Å². The average molecular weight is 1340 g/mol. The summed E-state index contributed by atoms with van der Waals surface area (Å²) in [7, 11) is 0. The highest BCUT2D eigenvalue weighted by Crippen LogP contribution is 2.48. The van der Waals surface area contributed by atoms with E-state index in [1.54, 1.807) is 0 Å². The lowest BCUT2D eigenvalue weighted by Gasteiger charge is -2.09. The number of benzene rings is 16. The van der Waals surface area contributed by atoms with E-state index >= 15 is 0 Å². The summed E-state index contributed by atoms with van der Waals surface area (Å²) in [6.45, 7) is 18.2. The van der Waals surface area contributed by atoms with Crippen molar-refractivity contribution in [1.29, 1.82) is 0 Å². The zero-order valence-corrected chi connectivity index (χ0v) is 59.6. The van der Waals surface area contributed by atoms with Gasteiger partial charge >= 0.3 is 0 Å². The molecule has 0 N–H and O–H groups in total. The summed E-state index contributed by atoms with van der Waals surface area (Å²) in [4.78, 5) is 0. The van der Waals surface area contributed by atoms with E-state index in [1.807, 2.05) is 18.2 Å². The van der Waals surface area contributed by atoms with Crippen LogP contribution < -0.4 is 0 Å². The lowest BCUT2D eigenvalue weighted by molar-refractivity contribution is 0.669. The van der Waals surface area contributed by atoms with E-state index in [0.29, 0.717) is 23.7 Å². The van der Waals surface area contributed by atoms with Crippen LogP contribution in [0, 0.1) is 0 Å². The Morgan fingerprint density at radius 2 is 0.538 bits per heavy atom. The first-order valence-corrected chi connectivity index (χ1v) is 37.1. The third-order valence-electron chi connectivity index (χ3n) is 23.2. The minimum absolute atomic E-state index is 0.483. The molecule has 0 bridgehead atoms. The number of fused-ring (bicyclic) bond motifs is 22. The Hall–Kier alpha value is -12.2. The molecule has 0 aliphatic carbocycles. The van der Waals surface area contributed by atoms with Crippen molar-refractivity contribution in [3.8, 4) is 44.5 Å². The maximum absolute atomic E-state index is 6.40. The topological polar surface area (TPSA) is 35.1 Å². The van der Waals surface area contributed by atoms with Crippen LogP contribution in [0.25, 0.3) is 208 Å². The van der Waals surface area contributed by atoms with Crippen molar-refractivity contribution < 1.29 is 8.83 Å². The first-order chi connectivity index (χ1) is 50.8.